The van der Waals surface area contributed by atoms with Gasteiger partial charge in [-0.3, -0.25) is 4.98 Å². The summed E-state index contributed by atoms with van der Waals surface area (Å²) in [5, 5.41) is 9.53. The summed E-state index contributed by atoms with van der Waals surface area (Å²) in [5.41, 5.74) is 2.97. The van der Waals surface area contributed by atoms with Gasteiger partial charge >= 0.3 is 5.97 Å². The highest BCUT2D eigenvalue weighted by Crippen LogP contribution is 2.23. The lowest BCUT2D eigenvalue weighted by Crippen LogP contribution is -2.09. The largest absolute Gasteiger partial charge is 0.482 e. The van der Waals surface area contributed by atoms with Gasteiger partial charge in [0.15, 0.2) is 6.61 Å². The number of aromatic nitrogens is 1. The van der Waals surface area contributed by atoms with Gasteiger partial charge in [0.05, 0.1) is 5.52 Å². The number of aliphatic carboxylic acids is 1. The predicted octanol–water partition coefficient (Wildman–Crippen LogP) is 2.32. The first-order chi connectivity index (χ1) is 8.06. The van der Waals surface area contributed by atoms with E-state index in [0.717, 1.165) is 22.2 Å². The SMILES string of the molecule is Cc1cc(C)c2cc(OCC(=O)O)ccc2n1. The zero-order valence-corrected chi connectivity index (χ0v) is 9.73. The van der Waals surface area contributed by atoms with Crippen LogP contribution in [0.5, 0.6) is 5.75 Å². The van der Waals surface area contributed by atoms with Crippen LogP contribution in [0, 0.1) is 13.8 Å². The molecule has 0 amide bonds. The molecule has 88 valence electrons. The second-order valence-corrected chi connectivity index (χ2v) is 3.94. The molecule has 0 aliphatic heterocycles. The van der Waals surface area contributed by atoms with Gasteiger partial charge in [-0.2, -0.15) is 0 Å². The molecule has 0 saturated carbocycles. The van der Waals surface area contributed by atoms with Gasteiger partial charge in [-0.05, 0) is 43.7 Å². The topological polar surface area (TPSA) is 59.4 Å². The molecule has 1 N–H and O–H groups in total. The minimum atomic E-state index is -0.983. The number of carboxylic acids is 1. The van der Waals surface area contributed by atoms with Crippen molar-refractivity contribution in [3.05, 3.63) is 35.5 Å². The highest BCUT2D eigenvalue weighted by Gasteiger charge is 2.04. The average molecular weight is 231 g/mol. The standard InChI is InChI=1S/C13H13NO3/c1-8-5-9(2)14-12-4-3-10(6-11(8)12)17-7-13(15)16/h3-6H,7H2,1-2H3,(H,15,16). The average Bonchev–Trinajstić information content (AvgIpc) is 2.26. The van der Waals surface area contributed by atoms with E-state index in [4.69, 9.17) is 9.84 Å². The highest BCUT2D eigenvalue weighted by molar-refractivity contribution is 5.83. The van der Waals surface area contributed by atoms with Gasteiger partial charge in [-0.1, -0.05) is 0 Å². The maximum atomic E-state index is 10.4. The van der Waals surface area contributed by atoms with Crippen molar-refractivity contribution in [3.63, 3.8) is 0 Å². The maximum Gasteiger partial charge on any atom is 0.341 e. The molecule has 0 aliphatic rings. The van der Waals surface area contributed by atoms with Gasteiger partial charge in [0.25, 0.3) is 0 Å². The summed E-state index contributed by atoms with van der Waals surface area (Å²) < 4.78 is 5.13. The van der Waals surface area contributed by atoms with E-state index in [2.05, 4.69) is 4.98 Å². The Bertz CT molecular complexity index is 578. The van der Waals surface area contributed by atoms with Crippen molar-refractivity contribution >= 4 is 16.9 Å². The molecule has 0 atom stereocenters. The van der Waals surface area contributed by atoms with Crippen molar-refractivity contribution in [3.8, 4) is 5.75 Å². The van der Waals surface area contributed by atoms with Gasteiger partial charge < -0.3 is 9.84 Å². The molecule has 4 nitrogen and oxygen atoms in total. The number of aryl methyl sites for hydroxylation is 2. The minimum Gasteiger partial charge on any atom is -0.482 e. The van der Waals surface area contributed by atoms with Crippen molar-refractivity contribution in [2.75, 3.05) is 6.61 Å². The van der Waals surface area contributed by atoms with Crippen molar-refractivity contribution < 1.29 is 14.6 Å². The lowest BCUT2D eigenvalue weighted by atomic mass is 10.1. The van der Waals surface area contributed by atoms with Crippen molar-refractivity contribution in [2.45, 2.75) is 13.8 Å². The van der Waals surface area contributed by atoms with Crippen molar-refractivity contribution in [1.29, 1.82) is 0 Å². The Kier molecular flexibility index (Phi) is 2.95. The highest BCUT2D eigenvalue weighted by atomic mass is 16.5. The fourth-order valence-electron chi connectivity index (χ4n) is 1.78. The smallest absolute Gasteiger partial charge is 0.341 e. The molecule has 0 spiro atoms. The molecule has 4 heteroatoms. The quantitative estimate of drug-likeness (QED) is 0.880. The summed E-state index contributed by atoms with van der Waals surface area (Å²) >= 11 is 0. The van der Waals surface area contributed by atoms with E-state index < -0.39 is 5.97 Å². The van der Waals surface area contributed by atoms with Gasteiger partial charge in [0.1, 0.15) is 5.75 Å². The van der Waals surface area contributed by atoms with Crippen LogP contribution in [-0.4, -0.2) is 22.7 Å². The Hall–Kier alpha value is -2.10. The second-order valence-electron chi connectivity index (χ2n) is 3.94. The van der Waals surface area contributed by atoms with Crippen LogP contribution in [0.25, 0.3) is 10.9 Å². The molecule has 0 saturated heterocycles. The summed E-state index contributed by atoms with van der Waals surface area (Å²) in [7, 11) is 0. The number of ether oxygens (including phenoxy) is 1. The summed E-state index contributed by atoms with van der Waals surface area (Å²) in [6.45, 7) is 3.61. The first-order valence-electron chi connectivity index (χ1n) is 5.29. The second kappa shape index (κ2) is 4.41. The number of carbonyl (C=O) groups is 1. The van der Waals surface area contributed by atoms with Crippen LogP contribution in [0.2, 0.25) is 0 Å². The molecule has 0 bridgehead atoms. The summed E-state index contributed by atoms with van der Waals surface area (Å²) in [4.78, 5) is 14.8. The van der Waals surface area contributed by atoms with Crippen molar-refractivity contribution in [2.24, 2.45) is 0 Å². The molecule has 0 radical (unpaired) electrons. The number of hydrogen-bond acceptors (Lipinski definition) is 3. The molecule has 2 rings (SSSR count). The fourth-order valence-corrected chi connectivity index (χ4v) is 1.78. The number of pyridine rings is 1. The zero-order valence-electron chi connectivity index (χ0n) is 9.73. The van der Waals surface area contributed by atoms with Crippen LogP contribution in [0.15, 0.2) is 24.3 Å². The van der Waals surface area contributed by atoms with Crippen LogP contribution >= 0.6 is 0 Å². The lowest BCUT2D eigenvalue weighted by Gasteiger charge is -2.07. The Morgan fingerprint density at radius 3 is 2.82 bits per heavy atom. The Morgan fingerprint density at radius 2 is 2.12 bits per heavy atom. The Labute approximate surface area is 98.9 Å². The van der Waals surface area contributed by atoms with Crippen LogP contribution in [0.3, 0.4) is 0 Å². The third kappa shape index (κ3) is 2.53. The number of fused-ring (bicyclic) bond motifs is 1. The summed E-state index contributed by atoms with van der Waals surface area (Å²) in [5.74, 6) is -0.433. The Morgan fingerprint density at radius 1 is 1.35 bits per heavy atom. The monoisotopic (exact) mass is 231 g/mol. The van der Waals surface area contributed by atoms with Gasteiger partial charge in [-0.15, -0.1) is 0 Å². The molecule has 0 aliphatic carbocycles. The normalized spacial score (nSPS) is 10.5. The molecule has 17 heavy (non-hydrogen) atoms. The molecule has 0 fully saturated rings. The summed E-state index contributed by atoms with van der Waals surface area (Å²) in [6.07, 6.45) is 0. The van der Waals surface area contributed by atoms with E-state index in [0.29, 0.717) is 5.75 Å². The van der Waals surface area contributed by atoms with E-state index in [1.54, 1.807) is 6.07 Å². The maximum absolute atomic E-state index is 10.4. The zero-order chi connectivity index (χ0) is 12.4. The van der Waals surface area contributed by atoms with Gasteiger partial charge in [0.2, 0.25) is 0 Å². The number of rotatable bonds is 3. The molecule has 1 aromatic heterocycles. The molecule has 1 aromatic carbocycles. The van der Waals surface area contributed by atoms with Crippen LogP contribution in [0.1, 0.15) is 11.3 Å². The first-order valence-corrected chi connectivity index (χ1v) is 5.29. The predicted molar refractivity (Wildman–Crippen MR) is 64.3 cm³/mol. The first kappa shape index (κ1) is 11.4. The number of hydrogen-bond donors (Lipinski definition) is 1. The third-order valence-corrected chi connectivity index (χ3v) is 2.48. The van der Waals surface area contributed by atoms with E-state index >= 15 is 0 Å². The molecule has 1 heterocycles. The lowest BCUT2D eigenvalue weighted by molar-refractivity contribution is -0.139. The van der Waals surface area contributed by atoms with Crippen molar-refractivity contribution in [1.82, 2.24) is 4.98 Å². The molecule has 2 aromatic rings. The third-order valence-electron chi connectivity index (χ3n) is 2.48. The number of carboxylic acid groups (broad SMARTS) is 1. The minimum absolute atomic E-state index is 0.330. The van der Waals surface area contributed by atoms with Gasteiger partial charge in [0, 0.05) is 11.1 Å². The number of nitrogens with zero attached hydrogens (tertiary/aromatic N) is 1. The van der Waals surface area contributed by atoms with E-state index in [-0.39, 0.29) is 6.61 Å². The van der Waals surface area contributed by atoms with E-state index in [9.17, 15) is 4.79 Å². The number of benzene rings is 1. The van der Waals surface area contributed by atoms with E-state index in [1.807, 2.05) is 32.0 Å². The molecular formula is C13H13NO3. The summed E-state index contributed by atoms with van der Waals surface area (Å²) in [6, 6.07) is 7.38. The van der Waals surface area contributed by atoms with Crippen LogP contribution < -0.4 is 4.74 Å². The molecule has 0 unspecified atom stereocenters. The molecular weight excluding hydrogens is 218 g/mol. The Balaban J connectivity index is 2.40. The van der Waals surface area contributed by atoms with E-state index in [1.165, 1.54) is 0 Å². The van der Waals surface area contributed by atoms with Crippen LogP contribution in [-0.2, 0) is 4.79 Å². The van der Waals surface area contributed by atoms with Crippen LogP contribution in [0.4, 0.5) is 0 Å². The van der Waals surface area contributed by atoms with Gasteiger partial charge in [-0.25, -0.2) is 4.79 Å². The fraction of sp³-hybridized carbons (Fsp3) is 0.231.